The standard InChI is InChI=1S/C15H18Cl2N2O3/c1-9(2)22-7-6-19-13(20)15(3,18-14(19)21)11-5-4-10(16)8-12(11)17/h4-5,8-9H,6-7H2,1-3H3,(H,18,21)/t15-/m1/s1. The number of halogens is 2. The van der Waals surface area contributed by atoms with E-state index in [4.69, 9.17) is 27.9 Å². The van der Waals surface area contributed by atoms with Gasteiger partial charge in [-0.05, 0) is 32.9 Å². The maximum atomic E-state index is 12.6. The highest BCUT2D eigenvalue weighted by molar-refractivity contribution is 6.35. The largest absolute Gasteiger partial charge is 0.377 e. The molecular weight excluding hydrogens is 327 g/mol. The Labute approximate surface area is 139 Å². The highest BCUT2D eigenvalue weighted by Gasteiger charge is 2.49. The summed E-state index contributed by atoms with van der Waals surface area (Å²) in [5.41, 5.74) is -0.680. The SMILES string of the molecule is CC(C)OCCN1C(=O)N[C@](C)(c2ccc(Cl)cc2Cl)C1=O. The molecule has 120 valence electrons. The van der Waals surface area contributed by atoms with Crippen LogP contribution in [0.5, 0.6) is 0 Å². The van der Waals surface area contributed by atoms with E-state index in [1.54, 1.807) is 25.1 Å². The molecule has 0 bridgehead atoms. The van der Waals surface area contributed by atoms with Gasteiger partial charge in [-0.1, -0.05) is 29.3 Å². The summed E-state index contributed by atoms with van der Waals surface area (Å²) in [4.78, 5) is 25.9. The number of rotatable bonds is 5. The Bertz CT molecular complexity index is 606. The topological polar surface area (TPSA) is 58.6 Å². The van der Waals surface area contributed by atoms with Crippen molar-refractivity contribution in [3.05, 3.63) is 33.8 Å². The summed E-state index contributed by atoms with van der Waals surface area (Å²) in [5, 5.41) is 3.50. The summed E-state index contributed by atoms with van der Waals surface area (Å²) < 4.78 is 5.40. The smallest absolute Gasteiger partial charge is 0.325 e. The van der Waals surface area contributed by atoms with Crippen LogP contribution in [0.25, 0.3) is 0 Å². The van der Waals surface area contributed by atoms with E-state index in [9.17, 15) is 9.59 Å². The highest BCUT2D eigenvalue weighted by atomic mass is 35.5. The van der Waals surface area contributed by atoms with Crippen LogP contribution in [0, 0.1) is 0 Å². The average molecular weight is 345 g/mol. The molecule has 1 N–H and O–H groups in total. The van der Waals surface area contributed by atoms with E-state index in [0.717, 1.165) is 4.90 Å². The fourth-order valence-corrected chi connectivity index (χ4v) is 2.95. The van der Waals surface area contributed by atoms with Crippen LogP contribution >= 0.6 is 23.2 Å². The Hall–Kier alpha value is -1.30. The molecule has 2 rings (SSSR count). The van der Waals surface area contributed by atoms with Gasteiger partial charge >= 0.3 is 6.03 Å². The maximum absolute atomic E-state index is 12.6. The van der Waals surface area contributed by atoms with E-state index in [1.807, 2.05) is 13.8 Å². The fourth-order valence-electron chi connectivity index (χ4n) is 2.36. The number of nitrogens with one attached hydrogen (secondary N) is 1. The van der Waals surface area contributed by atoms with Crippen LogP contribution < -0.4 is 5.32 Å². The third kappa shape index (κ3) is 3.21. The minimum atomic E-state index is -1.20. The Morgan fingerprint density at radius 1 is 1.32 bits per heavy atom. The van der Waals surface area contributed by atoms with Gasteiger partial charge in [-0.25, -0.2) is 4.79 Å². The summed E-state index contributed by atoms with van der Waals surface area (Å²) in [6.07, 6.45) is 0.0397. The van der Waals surface area contributed by atoms with Crippen molar-refractivity contribution in [2.45, 2.75) is 32.4 Å². The summed E-state index contributed by atoms with van der Waals surface area (Å²) in [5.74, 6) is -0.353. The van der Waals surface area contributed by atoms with E-state index in [1.165, 1.54) is 0 Å². The molecule has 1 aromatic carbocycles. The van der Waals surface area contributed by atoms with E-state index in [0.29, 0.717) is 22.2 Å². The minimum absolute atomic E-state index is 0.0397. The molecule has 1 saturated heterocycles. The zero-order valence-electron chi connectivity index (χ0n) is 12.7. The highest BCUT2D eigenvalue weighted by Crippen LogP contribution is 2.34. The second-order valence-corrected chi connectivity index (χ2v) is 6.40. The van der Waals surface area contributed by atoms with Crippen LogP contribution in [0.4, 0.5) is 4.79 Å². The summed E-state index contributed by atoms with van der Waals surface area (Å²) in [7, 11) is 0. The lowest BCUT2D eigenvalue weighted by molar-refractivity contribution is -0.131. The predicted octanol–water partition coefficient (Wildman–Crippen LogP) is 3.19. The molecule has 0 aromatic heterocycles. The van der Waals surface area contributed by atoms with Crippen LogP contribution in [0.1, 0.15) is 26.3 Å². The molecule has 1 aliphatic heterocycles. The number of nitrogens with zero attached hydrogens (tertiary/aromatic N) is 1. The Balaban J connectivity index is 2.22. The summed E-state index contributed by atoms with van der Waals surface area (Å²) >= 11 is 12.1. The lowest BCUT2D eigenvalue weighted by Gasteiger charge is -2.23. The van der Waals surface area contributed by atoms with Crippen LogP contribution in [0.3, 0.4) is 0 Å². The molecule has 5 nitrogen and oxygen atoms in total. The lowest BCUT2D eigenvalue weighted by atomic mass is 9.92. The van der Waals surface area contributed by atoms with Gasteiger partial charge < -0.3 is 10.1 Å². The second kappa shape index (κ2) is 6.44. The van der Waals surface area contributed by atoms with Crippen molar-refractivity contribution in [1.29, 1.82) is 0 Å². The van der Waals surface area contributed by atoms with Gasteiger partial charge in [0.1, 0.15) is 5.54 Å². The molecule has 0 aliphatic carbocycles. The first-order valence-corrected chi connectivity index (χ1v) is 7.72. The molecule has 3 amide bonds. The average Bonchev–Trinajstić information content (AvgIpc) is 2.62. The molecule has 1 heterocycles. The van der Waals surface area contributed by atoms with Crippen molar-refractivity contribution in [3.63, 3.8) is 0 Å². The van der Waals surface area contributed by atoms with Crippen molar-refractivity contribution >= 4 is 35.1 Å². The fraction of sp³-hybridized carbons (Fsp3) is 0.467. The number of benzene rings is 1. The first-order valence-electron chi connectivity index (χ1n) is 6.97. The maximum Gasteiger partial charge on any atom is 0.325 e. The lowest BCUT2D eigenvalue weighted by Crippen LogP contribution is -2.41. The molecule has 0 spiro atoms. The zero-order chi connectivity index (χ0) is 16.5. The number of hydrogen-bond donors (Lipinski definition) is 1. The van der Waals surface area contributed by atoms with Gasteiger partial charge in [0.2, 0.25) is 0 Å². The number of carbonyl (C=O) groups is 2. The molecular formula is C15H18Cl2N2O3. The molecule has 22 heavy (non-hydrogen) atoms. The number of imide groups is 1. The molecule has 1 aromatic rings. The van der Waals surface area contributed by atoms with E-state index < -0.39 is 11.6 Å². The zero-order valence-corrected chi connectivity index (χ0v) is 14.2. The molecule has 1 atom stereocenters. The Kier molecular flexibility index (Phi) is 5.00. The number of carbonyl (C=O) groups excluding carboxylic acids is 2. The molecule has 0 unspecified atom stereocenters. The number of urea groups is 1. The molecule has 0 radical (unpaired) electrons. The van der Waals surface area contributed by atoms with Crippen LogP contribution in [0.2, 0.25) is 10.0 Å². The van der Waals surface area contributed by atoms with Crippen LogP contribution in [0.15, 0.2) is 18.2 Å². The van der Waals surface area contributed by atoms with E-state index >= 15 is 0 Å². The van der Waals surface area contributed by atoms with Crippen molar-refractivity contribution < 1.29 is 14.3 Å². The normalized spacial score (nSPS) is 21.6. The number of hydrogen-bond acceptors (Lipinski definition) is 3. The minimum Gasteiger partial charge on any atom is -0.377 e. The molecule has 7 heteroatoms. The molecule has 1 aliphatic rings. The predicted molar refractivity (Wildman–Crippen MR) is 85.1 cm³/mol. The van der Waals surface area contributed by atoms with Gasteiger partial charge in [0.15, 0.2) is 0 Å². The molecule has 0 saturated carbocycles. The molecule has 1 fully saturated rings. The van der Waals surface area contributed by atoms with Crippen molar-refractivity contribution in [2.24, 2.45) is 0 Å². The first-order chi connectivity index (χ1) is 10.3. The third-order valence-electron chi connectivity index (χ3n) is 3.51. The van der Waals surface area contributed by atoms with Crippen molar-refractivity contribution in [3.8, 4) is 0 Å². The van der Waals surface area contributed by atoms with E-state index in [-0.39, 0.29) is 18.6 Å². The van der Waals surface area contributed by atoms with Gasteiger partial charge in [0.05, 0.1) is 19.3 Å². The van der Waals surface area contributed by atoms with E-state index in [2.05, 4.69) is 5.32 Å². The van der Waals surface area contributed by atoms with Crippen LogP contribution in [-0.2, 0) is 15.1 Å². The van der Waals surface area contributed by atoms with Gasteiger partial charge in [0, 0.05) is 15.6 Å². The van der Waals surface area contributed by atoms with Gasteiger partial charge in [-0.3, -0.25) is 9.69 Å². The first kappa shape index (κ1) is 17.1. The van der Waals surface area contributed by atoms with Crippen molar-refractivity contribution in [2.75, 3.05) is 13.2 Å². The van der Waals surface area contributed by atoms with Gasteiger partial charge in [-0.15, -0.1) is 0 Å². The van der Waals surface area contributed by atoms with Crippen molar-refractivity contribution in [1.82, 2.24) is 10.2 Å². The summed E-state index contributed by atoms with van der Waals surface area (Å²) in [6.45, 7) is 5.91. The second-order valence-electron chi connectivity index (χ2n) is 5.56. The van der Waals surface area contributed by atoms with Crippen LogP contribution in [-0.4, -0.2) is 36.1 Å². The van der Waals surface area contributed by atoms with Gasteiger partial charge in [-0.2, -0.15) is 0 Å². The van der Waals surface area contributed by atoms with Gasteiger partial charge in [0.25, 0.3) is 5.91 Å². The third-order valence-corrected chi connectivity index (χ3v) is 4.06. The number of ether oxygens (including phenoxy) is 1. The Morgan fingerprint density at radius 2 is 2.00 bits per heavy atom. The summed E-state index contributed by atoms with van der Waals surface area (Å²) in [6, 6.07) is 4.38. The number of amides is 3. The quantitative estimate of drug-likeness (QED) is 0.834. The monoisotopic (exact) mass is 344 g/mol. The Morgan fingerprint density at radius 3 is 2.59 bits per heavy atom.